The van der Waals surface area contributed by atoms with Crippen molar-refractivity contribution in [1.29, 1.82) is 0 Å². The predicted molar refractivity (Wildman–Crippen MR) is 93.3 cm³/mol. The van der Waals surface area contributed by atoms with Crippen LogP contribution in [0.15, 0.2) is 5.57 Å². The molecule has 1 aromatic rings. The Morgan fingerprint density at radius 1 is 0.857 bits per heavy atom. The fourth-order valence-corrected chi connectivity index (χ4v) is 6.48. The summed E-state index contributed by atoms with van der Waals surface area (Å²) in [6.07, 6.45) is 18.4. The summed E-state index contributed by atoms with van der Waals surface area (Å²) in [5.41, 5.74) is 5.20. The van der Waals surface area contributed by atoms with E-state index in [0.717, 1.165) is 11.8 Å². The number of rotatable bonds is 2. The molecular weight excluding hydrogens is 272 g/mol. The van der Waals surface area contributed by atoms with Gasteiger partial charge < -0.3 is 0 Å². The molecule has 0 aromatic carbocycles. The molecule has 2 fully saturated rings. The maximum atomic E-state index is 2.48. The van der Waals surface area contributed by atoms with Gasteiger partial charge in [-0.05, 0) is 68.1 Å². The Labute approximate surface area is 133 Å². The van der Waals surface area contributed by atoms with Crippen molar-refractivity contribution in [2.45, 2.75) is 89.4 Å². The van der Waals surface area contributed by atoms with Crippen LogP contribution in [0.2, 0.25) is 0 Å². The molecule has 0 bridgehead atoms. The molecule has 0 unspecified atom stereocenters. The second-order valence-corrected chi connectivity index (χ2v) is 8.64. The van der Waals surface area contributed by atoms with Crippen LogP contribution in [0, 0.1) is 0 Å². The fraction of sp³-hybridized carbons (Fsp3) is 0.700. The number of fused-ring (bicyclic) bond motifs is 1. The summed E-state index contributed by atoms with van der Waals surface area (Å²) in [4.78, 5) is 3.46. The smallest absolute Gasteiger partial charge is 0.0311 e. The molecule has 0 saturated heterocycles. The molecule has 0 spiro atoms. The topological polar surface area (TPSA) is 0 Å². The van der Waals surface area contributed by atoms with Crippen LogP contribution in [0.5, 0.6) is 0 Å². The monoisotopic (exact) mass is 300 g/mol. The van der Waals surface area contributed by atoms with E-state index in [0.29, 0.717) is 0 Å². The highest BCUT2D eigenvalue weighted by atomic mass is 32.1. The molecule has 1 aromatic heterocycles. The lowest BCUT2D eigenvalue weighted by Gasteiger charge is -2.28. The van der Waals surface area contributed by atoms with Crippen molar-refractivity contribution in [3.63, 3.8) is 0 Å². The van der Waals surface area contributed by atoms with Gasteiger partial charge in [0.05, 0.1) is 0 Å². The second-order valence-electron chi connectivity index (χ2n) is 7.56. The van der Waals surface area contributed by atoms with Gasteiger partial charge >= 0.3 is 0 Å². The van der Waals surface area contributed by atoms with Crippen LogP contribution in [0.4, 0.5) is 0 Å². The summed E-state index contributed by atoms with van der Waals surface area (Å²) in [6, 6.07) is 0. The van der Waals surface area contributed by atoms with Crippen molar-refractivity contribution in [2.75, 3.05) is 0 Å². The van der Waals surface area contributed by atoms with E-state index < -0.39 is 0 Å². The number of allylic oxidation sites excluding steroid dienone is 1. The Hall–Kier alpha value is -0.560. The van der Waals surface area contributed by atoms with Crippen molar-refractivity contribution in [1.82, 2.24) is 0 Å². The lowest BCUT2D eigenvalue weighted by atomic mass is 9.78. The minimum absolute atomic E-state index is 0.898. The quantitative estimate of drug-likeness (QED) is 0.563. The molecule has 3 aliphatic rings. The number of hydrogen-bond acceptors (Lipinski definition) is 1. The highest BCUT2D eigenvalue weighted by molar-refractivity contribution is 7.13. The summed E-state index contributed by atoms with van der Waals surface area (Å²) in [5, 5.41) is 0. The van der Waals surface area contributed by atoms with Crippen molar-refractivity contribution in [3.8, 4) is 0 Å². The van der Waals surface area contributed by atoms with Gasteiger partial charge in [-0.25, -0.2) is 0 Å². The molecular formula is C20H28S. The molecule has 0 amide bonds. The van der Waals surface area contributed by atoms with Crippen LogP contribution in [-0.4, -0.2) is 0 Å². The predicted octanol–water partition coefficient (Wildman–Crippen LogP) is 6.80. The maximum absolute atomic E-state index is 2.48. The molecule has 0 aliphatic heterocycles. The van der Waals surface area contributed by atoms with Gasteiger partial charge in [-0.2, -0.15) is 0 Å². The Morgan fingerprint density at radius 2 is 1.48 bits per heavy atom. The Kier molecular flexibility index (Phi) is 3.96. The van der Waals surface area contributed by atoms with Gasteiger partial charge in [0.2, 0.25) is 0 Å². The van der Waals surface area contributed by atoms with E-state index in [1.807, 2.05) is 10.4 Å². The summed E-state index contributed by atoms with van der Waals surface area (Å²) >= 11 is 2.18. The third-order valence-corrected chi connectivity index (χ3v) is 7.29. The molecule has 0 N–H and O–H groups in total. The third-order valence-electron chi connectivity index (χ3n) is 5.93. The first-order valence-corrected chi connectivity index (χ1v) is 9.97. The first-order valence-electron chi connectivity index (χ1n) is 9.15. The Bertz CT molecular complexity index is 536. The summed E-state index contributed by atoms with van der Waals surface area (Å²) in [6.45, 7) is 2.32. The highest BCUT2D eigenvalue weighted by Crippen LogP contribution is 2.49. The molecule has 21 heavy (non-hydrogen) atoms. The van der Waals surface area contributed by atoms with Crippen LogP contribution in [-0.2, 0) is 6.42 Å². The molecule has 0 nitrogen and oxygen atoms in total. The van der Waals surface area contributed by atoms with Gasteiger partial charge in [-0.1, -0.05) is 44.1 Å². The molecule has 0 radical (unpaired) electrons. The lowest BCUT2D eigenvalue weighted by Crippen LogP contribution is -2.11. The zero-order valence-electron chi connectivity index (χ0n) is 13.4. The van der Waals surface area contributed by atoms with E-state index in [4.69, 9.17) is 0 Å². The lowest BCUT2D eigenvalue weighted by molar-refractivity contribution is 0.422. The second kappa shape index (κ2) is 5.91. The van der Waals surface area contributed by atoms with Gasteiger partial charge in [-0.15, -0.1) is 11.3 Å². The van der Waals surface area contributed by atoms with Gasteiger partial charge in [0, 0.05) is 9.75 Å². The largest absolute Gasteiger partial charge is 0.140 e. The van der Waals surface area contributed by atoms with E-state index >= 15 is 0 Å². The summed E-state index contributed by atoms with van der Waals surface area (Å²) in [7, 11) is 0. The normalized spacial score (nSPS) is 24.1. The number of thiophene rings is 1. The summed E-state index contributed by atoms with van der Waals surface area (Å²) in [5.74, 6) is 1.80. The first kappa shape index (κ1) is 14.1. The molecule has 1 heterocycles. The van der Waals surface area contributed by atoms with Gasteiger partial charge in [0.1, 0.15) is 0 Å². The van der Waals surface area contributed by atoms with E-state index in [1.54, 1.807) is 16.0 Å². The maximum Gasteiger partial charge on any atom is 0.0311 e. The van der Waals surface area contributed by atoms with E-state index in [1.165, 1.54) is 70.6 Å². The fourth-order valence-electron chi connectivity index (χ4n) is 4.88. The van der Waals surface area contributed by atoms with Crippen LogP contribution in [0.1, 0.15) is 104 Å². The zero-order chi connectivity index (χ0) is 14.2. The van der Waals surface area contributed by atoms with Gasteiger partial charge in [-0.3, -0.25) is 0 Å². The van der Waals surface area contributed by atoms with E-state index in [2.05, 4.69) is 24.3 Å². The Morgan fingerprint density at radius 3 is 2.14 bits per heavy atom. The van der Waals surface area contributed by atoms with Crippen molar-refractivity contribution < 1.29 is 0 Å². The van der Waals surface area contributed by atoms with Crippen LogP contribution in [0.3, 0.4) is 0 Å². The average molecular weight is 301 g/mol. The molecule has 4 rings (SSSR count). The number of hydrogen-bond donors (Lipinski definition) is 0. The minimum Gasteiger partial charge on any atom is -0.140 e. The van der Waals surface area contributed by atoms with Crippen molar-refractivity contribution >= 4 is 17.4 Å². The summed E-state index contributed by atoms with van der Waals surface area (Å²) < 4.78 is 0. The first-order chi connectivity index (χ1) is 10.3. The molecule has 114 valence electrons. The van der Waals surface area contributed by atoms with Crippen LogP contribution in [0.25, 0.3) is 6.08 Å². The van der Waals surface area contributed by atoms with Gasteiger partial charge in [0.15, 0.2) is 0 Å². The minimum atomic E-state index is 0.898. The SMILES string of the molecule is CC1=Cc2sc(C3CCCCC3)c(C3CCCCC3)c2C1. The van der Waals surface area contributed by atoms with Crippen LogP contribution < -0.4 is 0 Å². The molecule has 2 saturated carbocycles. The van der Waals surface area contributed by atoms with Crippen molar-refractivity contribution in [2.24, 2.45) is 0 Å². The third kappa shape index (κ3) is 2.63. The molecule has 1 heteroatoms. The highest BCUT2D eigenvalue weighted by Gasteiger charge is 2.31. The van der Waals surface area contributed by atoms with E-state index in [-0.39, 0.29) is 0 Å². The van der Waals surface area contributed by atoms with E-state index in [9.17, 15) is 0 Å². The van der Waals surface area contributed by atoms with Gasteiger partial charge in [0.25, 0.3) is 0 Å². The van der Waals surface area contributed by atoms with Crippen LogP contribution >= 0.6 is 11.3 Å². The zero-order valence-corrected chi connectivity index (χ0v) is 14.2. The van der Waals surface area contributed by atoms with Crippen molar-refractivity contribution in [3.05, 3.63) is 26.5 Å². The average Bonchev–Trinajstić information content (AvgIpc) is 3.05. The Balaban J connectivity index is 1.72. The molecule has 0 atom stereocenters. The standard InChI is InChI=1S/C20H28S/c1-14-12-17-18(13-14)21-20(16-10-6-3-7-11-16)19(17)15-8-4-2-5-9-15/h13,15-16H,2-12H2,1H3. The molecule has 3 aliphatic carbocycles.